The van der Waals surface area contributed by atoms with Gasteiger partial charge in [0.2, 0.25) is 5.91 Å². The molecule has 1 amide bonds. The van der Waals surface area contributed by atoms with Gasteiger partial charge in [0.05, 0.1) is 12.5 Å². The average molecular weight is 293 g/mol. The zero-order chi connectivity index (χ0) is 13.9. The van der Waals surface area contributed by atoms with E-state index in [1.54, 1.807) is 11.3 Å². The molecule has 1 aliphatic carbocycles. The van der Waals surface area contributed by atoms with Crippen LogP contribution in [-0.4, -0.2) is 36.5 Å². The van der Waals surface area contributed by atoms with Gasteiger partial charge in [0.25, 0.3) is 0 Å². The Morgan fingerprint density at radius 3 is 3.00 bits per heavy atom. The highest BCUT2D eigenvalue weighted by Gasteiger charge is 2.37. The molecule has 5 heteroatoms. The summed E-state index contributed by atoms with van der Waals surface area (Å²) in [5, 5.41) is 2.02. The van der Waals surface area contributed by atoms with Gasteiger partial charge in [0, 0.05) is 30.8 Å². The first kappa shape index (κ1) is 13.6. The number of hydrogen-bond donors (Lipinski definition) is 0. The fourth-order valence-corrected chi connectivity index (χ4v) is 3.23. The number of thiophene rings is 1. The van der Waals surface area contributed by atoms with Crippen molar-refractivity contribution >= 4 is 23.2 Å². The van der Waals surface area contributed by atoms with E-state index in [2.05, 4.69) is 0 Å². The molecule has 2 heterocycles. The van der Waals surface area contributed by atoms with E-state index in [9.17, 15) is 9.59 Å². The van der Waals surface area contributed by atoms with E-state index in [-0.39, 0.29) is 17.8 Å². The van der Waals surface area contributed by atoms with Crippen LogP contribution in [0.3, 0.4) is 0 Å². The summed E-state index contributed by atoms with van der Waals surface area (Å²) in [6.45, 7) is 1.79. The van der Waals surface area contributed by atoms with E-state index in [0.717, 1.165) is 13.0 Å². The number of amides is 1. The molecule has 0 spiro atoms. The van der Waals surface area contributed by atoms with Gasteiger partial charge in [-0.3, -0.25) is 9.59 Å². The highest BCUT2D eigenvalue weighted by Crippen LogP contribution is 2.32. The predicted octanol–water partition coefficient (Wildman–Crippen LogP) is 2.09. The van der Waals surface area contributed by atoms with Gasteiger partial charge in [-0.05, 0) is 30.2 Å². The van der Waals surface area contributed by atoms with E-state index in [1.165, 1.54) is 17.7 Å². The molecule has 1 saturated heterocycles. The third-order valence-corrected chi connectivity index (χ3v) is 4.83. The highest BCUT2D eigenvalue weighted by atomic mass is 32.1. The number of ether oxygens (including phenoxy) is 1. The topological polar surface area (TPSA) is 46.6 Å². The quantitative estimate of drug-likeness (QED) is 0.755. The van der Waals surface area contributed by atoms with Gasteiger partial charge >= 0.3 is 5.97 Å². The van der Waals surface area contributed by atoms with Crippen LogP contribution in [0.25, 0.3) is 0 Å². The van der Waals surface area contributed by atoms with Crippen LogP contribution in [0, 0.1) is 11.8 Å². The number of nitrogens with zero attached hydrogens (tertiary/aromatic N) is 1. The van der Waals surface area contributed by atoms with E-state index in [1.807, 2.05) is 22.4 Å². The molecule has 108 valence electrons. The fraction of sp³-hybridized carbons (Fsp3) is 0.600. The third-order valence-electron chi connectivity index (χ3n) is 3.90. The molecule has 0 N–H and O–H groups in total. The van der Waals surface area contributed by atoms with Crippen molar-refractivity contribution in [2.24, 2.45) is 11.8 Å². The van der Waals surface area contributed by atoms with Crippen LogP contribution in [0.4, 0.5) is 0 Å². The molecule has 0 unspecified atom stereocenters. The minimum Gasteiger partial charge on any atom is -0.465 e. The molecule has 20 heavy (non-hydrogen) atoms. The summed E-state index contributed by atoms with van der Waals surface area (Å²) in [4.78, 5) is 26.9. The number of rotatable bonds is 6. The second-order valence-corrected chi connectivity index (χ2v) is 6.67. The maximum atomic E-state index is 12.0. The molecule has 1 aromatic heterocycles. The van der Waals surface area contributed by atoms with Crippen molar-refractivity contribution in [2.75, 3.05) is 19.7 Å². The molecular formula is C15H19NO3S. The molecule has 1 aliphatic heterocycles. The maximum Gasteiger partial charge on any atom is 0.311 e. The number of hydrogen-bond acceptors (Lipinski definition) is 4. The zero-order valence-corrected chi connectivity index (χ0v) is 12.2. The SMILES string of the molecule is O=C(OCCc1cccs1)[C@@H]1CC(=O)N(CC2CC2)C1. The number of carbonyl (C=O) groups is 2. The molecule has 0 aromatic carbocycles. The Morgan fingerprint density at radius 1 is 1.45 bits per heavy atom. The van der Waals surface area contributed by atoms with Gasteiger partial charge in [0.1, 0.15) is 0 Å². The highest BCUT2D eigenvalue weighted by molar-refractivity contribution is 7.09. The summed E-state index contributed by atoms with van der Waals surface area (Å²) in [5.41, 5.74) is 0. The molecule has 2 aliphatic rings. The molecule has 2 fully saturated rings. The van der Waals surface area contributed by atoms with E-state index in [0.29, 0.717) is 25.5 Å². The Hall–Kier alpha value is -1.36. The summed E-state index contributed by atoms with van der Waals surface area (Å²) >= 11 is 1.67. The first-order valence-electron chi connectivity index (χ1n) is 7.19. The van der Waals surface area contributed by atoms with Crippen LogP contribution < -0.4 is 0 Å². The number of likely N-dealkylation sites (tertiary alicyclic amines) is 1. The normalized spacial score (nSPS) is 22.3. The van der Waals surface area contributed by atoms with Crippen molar-refractivity contribution in [2.45, 2.75) is 25.7 Å². The Morgan fingerprint density at radius 2 is 2.30 bits per heavy atom. The predicted molar refractivity (Wildman–Crippen MR) is 76.4 cm³/mol. The van der Waals surface area contributed by atoms with Crippen molar-refractivity contribution in [3.63, 3.8) is 0 Å². The van der Waals surface area contributed by atoms with Gasteiger partial charge < -0.3 is 9.64 Å². The molecular weight excluding hydrogens is 274 g/mol. The lowest BCUT2D eigenvalue weighted by atomic mass is 10.1. The first-order chi connectivity index (χ1) is 9.72. The Bertz CT molecular complexity index is 481. The van der Waals surface area contributed by atoms with Crippen molar-refractivity contribution in [3.05, 3.63) is 22.4 Å². The van der Waals surface area contributed by atoms with Gasteiger partial charge in [-0.25, -0.2) is 0 Å². The Balaban J connectivity index is 1.42. The smallest absolute Gasteiger partial charge is 0.311 e. The minimum absolute atomic E-state index is 0.108. The first-order valence-corrected chi connectivity index (χ1v) is 8.07. The third kappa shape index (κ3) is 3.39. The molecule has 1 atom stereocenters. The van der Waals surface area contributed by atoms with Crippen LogP contribution in [0.5, 0.6) is 0 Å². The molecule has 4 nitrogen and oxygen atoms in total. The average Bonchev–Trinajstić information content (AvgIpc) is 2.94. The van der Waals surface area contributed by atoms with Crippen LogP contribution in [-0.2, 0) is 20.7 Å². The van der Waals surface area contributed by atoms with Crippen molar-refractivity contribution in [3.8, 4) is 0 Å². The van der Waals surface area contributed by atoms with Crippen molar-refractivity contribution in [1.82, 2.24) is 4.90 Å². The summed E-state index contributed by atoms with van der Waals surface area (Å²) in [6, 6.07) is 4.03. The second kappa shape index (κ2) is 5.95. The Kier molecular flexibility index (Phi) is 4.05. The Labute approximate surface area is 122 Å². The molecule has 0 radical (unpaired) electrons. The number of esters is 1. The lowest BCUT2D eigenvalue weighted by Gasteiger charge is -2.15. The molecule has 3 rings (SSSR count). The minimum atomic E-state index is -0.260. The van der Waals surface area contributed by atoms with E-state index >= 15 is 0 Å². The summed E-state index contributed by atoms with van der Waals surface area (Å²) < 4.78 is 5.31. The largest absolute Gasteiger partial charge is 0.465 e. The van der Waals surface area contributed by atoms with Crippen LogP contribution in [0.1, 0.15) is 24.1 Å². The van der Waals surface area contributed by atoms with E-state index < -0.39 is 0 Å². The van der Waals surface area contributed by atoms with Crippen LogP contribution in [0.15, 0.2) is 17.5 Å². The van der Waals surface area contributed by atoms with Gasteiger partial charge in [0.15, 0.2) is 0 Å². The van der Waals surface area contributed by atoms with Gasteiger partial charge in [-0.2, -0.15) is 0 Å². The molecule has 0 bridgehead atoms. The van der Waals surface area contributed by atoms with Crippen molar-refractivity contribution in [1.29, 1.82) is 0 Å². The standard InChI is InChI=1S/C15H19NO3S/c17-14-8-12(10-16(14)9-11-3-4-11)15(18)19-6-5-13-2-1-7-20-13/h1-2,7,11-12H,3-6,8-10H2/t12-/m1/s1. The lowest BCUT2D eigenvalue weighted by Crippen LogP contribution is -2.28. The lowest BCUT2D eigenvalue weighted by molar-refractivity contribution is -0.148. The maximum absolute atomic E-state index is 12.0. The van der Waals surface area contributed by atoms with Crippen LogP contribution >= 0.6 is 11.3 Å². The van der Waals surface area contributed by atoms with Crippen LogP contribution in [0.2, 0.25) is 0 Å². The number of carbonyl (C=O) groups excluding carboxylic acids is 2. The summed E-state index contributed by atoms with van der Waals surface area (Å²) in [5.74, 6) is 0.308. The van der Waals surface area contributed by atoms with Crippen molar-refractivity contribution < 1.29 is 14.3 Å². The van der Waals surface area contributed by atoms with E-state index in [4.69, 9.17) is 4.74 Å². The fourth-order valence-electron chi connectivity index (χ4n) is 2.54. The monoisotopic (exact) mass is 293 g/mol. The zero-order valence-electron chi connectivity index (χ0n) is 11.4. The molecule has 1 saturated carbocycles. The summed E-state index contributed by atoms with van der Waals surface area (Å²) in [7, 11) is 0. The van der Waals surface area contributed by atoms with Gasteiger partial charge in [-0.1, -0.05) is 6.07 Å². The summed E-state index contributed by atoms with van der Waals surface area (Å²) in [6.07, 6.45) is 3.53. The van der Waals surface area contributed by atoms with Gasteiger partial charge in [-0.15, -0.1) is 11.3 Å². The molecule has 1 aromatic rings. The second-order valence-electron chi connectivity index (χ2n) is 5.64.